The Morgan fingerprint density at radius 3 is 1.68 bits per heavy atom. The second-order valence-corrected chi connectivity index (χ2v) is 4.56. The first-order chi connectivity index (χ1) is 10.6. The van der Waals surface area contributed by atoms with Crippen LogP contribution >= 0.6 is 0 Å². The molecule has 5 heteroatoms. The first-order valence-corrected chi connectivity index (χ1v) is 6.73. The van der Waals surface area contributed by atoms with E-state index in [-0.39, 0.29) is 5.78 Å². The van der Waals surface area contributed by atoms with Crippen LogP contribution in [0.15, 0.2) is 57.6 Å². The molecule has 0 spiro atoms. The van der Waals surface area contributed by atoms with E-state index in [9.17, 15) is 4.79 Å². The lowest BCUT2D eigenvalue weighted by Gasteiger charge is -1.81. The van der Waals surface area contributed by atoms with Crippen molar-refractivity contribution in [3.05, 3.63) is 71.5 Å². The molecule has 2 aromatic rings. The number of carbonyl (C=O) groups excluding carboxylic acids is 1. The van der Waals surface area contributed by atoms with Gasteiger partial charge in [0.05, 0.1) is 0 Å². The summed E-state index contributed by atoms with van der Waals surface area (Å²) >= 11 is 0. The van der Waals surface area contributed by atoms with Crippen LogP contribution in [0.25, 0.3) is 12.2 Å². The lowest BCUT2D eigenvalue weighted by Crippen LogP contribution is -1.82. The summed E-state index contributed by atoms with van der Waals surface area (Å²) in [4.78, 5) is 11.6. The number of carbonyl (C=O) groups is 1. The van der Waals surface area contributed by atoms with Crippen molar-refractivity contribution in [3.8, 4) is 0 Å². The minimum absolute atomic E-state index is 0.109. The van der Waals surface area contributed by atoms with Crippen molar-refractivity contribution in [3.63, 3.8) is 0 Å². The fraction of sp³-hybridized carbons (Fsp3) is 0.118. The van der Waals surface area contributed by atoms with Crippen molar-refractivity contribution in [2.24, 2.45) is 0 Å². The van der Waals surface area contributed by atoms with Gasteiger partial charge in [-0.3, -0.25) is 4.79 Å². The van der Waals surface area contributed by atoms with Gasteiger partial charge in [-0.1, -0.05) is 34.6 Å². The second-order valence-electron chi connectivity index (χ2n) is 4.56. The highest BCUT2D eigenvalue weighted by Crippen LogP contribution is 2.04. The lowest BCUT2D eigenvalue weighted by molar-refractivity contribution is -0.110. The maximum atomic E-state index is 11.6. The van der Waals surface area contributed by atoms with Crippen molar-refractivity contribution in [2.45, 2.75) is 13.8 Å². The summed E-state index contributed by atoms with van der Waals surface area (Å²) in [7, 11) is 0. The Bertz CT molecular complexity index is 683. The molecule has 0 radical (unpaired) electrons. The number of hydrogen-bond acceptors (Lipinski definition) is 5. The Hall–Kier alpha value is -2.95. The van der Waals surface area contributed by atoms with E-state index in [1.165, 1.54) is 12.2 Å². The molecule has 2 heterocycles. The van der Waals surface area contributed by atoms with Gasteiger partial charge in [0.1, 0.15) is 22.9 Å². The zero-order valence-corrected chi connectivity index (χ0v) is 12.4. The number of nitrogens with zero attached hydrogens (tertiary/aromatic N) is 2. The van der Waals surface area contributed by atoms with Gasteiger partial charge in [-0.25, -0.2) is 0 Å². The van der Waals surface area contributed by atoms with Gasteiger partial charge in [-0.2, -0.15) is 0 Å². The van der Waals surface area contributed by atoms with Crippen LogP contribution in [0.4, 0.5) is 0 Å². The van der Waals surface area contributed by atoms with Crippen molar-refractivity contribution in [1.82, 2.24) is 10.3 Å². The monoisotopic (exact) mass is 296 g/mol. The number of rotatable bonds is 6. The molecular formula is C17H16N2O3. The molecule has 22 heavy (non-hydrogen) atoms. The summed E-state index contributed by atoms with van der Waals surface area (Å²) in [5.74, 6) is 1.38. The molecule has 0 aliphatic carbocycles. The van der Waals surface area contributed by atoms with E-state index >= 15 is 0 Å². The van der Waals surface area contributed by atoms with E-state index in [0.29, 0.717) is 0 Å². The number of allylic oxidation sites excluding steroid dienone is 6. The summed E-state index contributed by atoms with van der Waals surface area (Å²) in [5, 5.41) is 7.61. The van der Waals surface area contributed by atoms with Crippen LogP contribution in [-0.2, 0) is 4.79 Å². The predicted molar refractivity (Wildman–Crippen MR) is 83.8 cm³/mol. The van der Waals surface area contributed by atoms with E-state index in [1.807, 2.05) is 26.0 Å². The summed E-state index contributed by atoms with van der Waals surface area (Å²) in [6.07, 6.45) is 13.2. The van der Waals surface area contributed by atoms with E-state index in [4.69, 9.17) is 9.05 Å². The standard InChI is InChI=1S/C17H16N2O3/c1-13-11-15(18-21-13)7-3-5-9-17(20)10-6-4-8-16-12-14(2)22-19-16/h3-12H,1-2H3/b7-3+,8-4+,9-5+,10-6+. The number of aryl methyl sites for hydroxylation is 2. The third kappa shape index (κ3) is 5.20. The fourth-order valence-corrected chi connectivity index (χ4v) is 1.59. The molecular weight excluding hydrogens is 280 g/mol. The number of aromatic nitrogens is 2. The van der Waals surface area contributed by atoms with Gasteiger partial charge in [0.15, 0.2) is 5.78 Å². The van der Waals surface area contributed by atoms with Gasteiger partial charge in [-0.05, 0) is 38.2 Å². The Balaban J connectivity index is 1.79. The molecule has 0 atom stereocenters. The third-order valence-corrected chi connectivity index (χ3v) is 2.57. The van der Waals surface area contributed by atoms with E-state index < -0.39 is 0 Å². The number of hydrogen-bond donors (Lipinski definition) is 0. The molecule has 0 saturated carbocycles. The van der Waals surface area contributed by atoms with Gasteiger partial charge in [0.2, 0.25) is 0 Å². The van der Waals surface area contributed by atoms with Gasteiger partial charge in [-0.15, -0.1) is 0 Å². The molecule has 0 unspecified atom stereocenters. The topological polar surface area (TPSA) is 69.1 Å². The van der Waals surface area contributed by atoms with Crippen LogP contribution in [0.5, 0.6) is 0 Å². The summed E-state index contributed by atoms with van der Waals surface area (Å²) in [6.45, 7) is 3.64. The van der Waals surface area contributed by atoms with Crippen LogP contribution < -0.4 is 0 Å². The minimum atomic E-state index is -0.109. The van der Waals surface area contributed by atoms with Gasteiger partial charge in [0, 0.05) is 12.1 Å². The molecule has 5 nitrogen and oxygen atoms in total. The third-order valence-electron chi connectivity index (χ3n) is 2.57. The largest absolute Gasteiger partial charge is 0.361 e. The molecule has 0 amide bonds. The van der Waals surface area contributed by atoms with E-state index in [1.54, 1.807) is 36.5 Å². The maximum Gasteiger partial charge on any atom is 0.178 e. The van der Waals surface area contributed by atoms with Crippen molar-refractivity contribution in [2.75, 3.05) is 0 Å². The summed E-state index contributed by atoms with van der Waals surface area (Å²) in [5.41, 5.74) is 1.44. The molecule has 2 rings (SSSR count). The van der Waals surface area contributed by atoms with Crippen LogP contribution in [0, 0.1) is 13.8 Å². The lowest BCUT2D eigenvalue weighted by atomic mass is 10.2. The van der Waals surface area contributed by atoms with Gasteiger partial charge in [0.25, 0.3) is 0 Å². The molecule has 2 aromatic heterocycles. The molecule has 0 aliphatic heterocycles. The Labute approximate surface area is 128 Å². The average molecular weight is 296 g/mol. The second kappa shape index (κ2) is 7.73. The summed E-state index contributed by atoms with van der Waals surface area (Å²) in [6, 6.07) is 3.62. The normalized spacial score (nSPS) is 12.5. The molecule has 0 fully saturated rings. The molecule has 0 aromatic carbocycles. The first-order valence-electron chi connectivity index (χ1n) is 6.73. The Morgan fingerprint density at radius 1 is 0.864 bits per heavy atom. The van der Waals surface area contributed by atoms with Crippen LogP contribution in [0.1, 0.15) is 22.9 Å². The van der Waals surface area contributed by atoms with Crippen molar-refractivity contribution >= 4 is 17.9 Å². The average Bonchev–Trinajstić information content (AvgIpc) is 3.08. The Kier molecular flexibility index (Phi) is 5.43. The smallest absolute Gasteiger partial charge is 0.178 e. The zero-order valence-electron chi connectivity index (χ0n) is 12.4. The molecule has 112 valence electrons. The molecule has 0 saturated heterocycles. The van der Waals surface area contributed by atoms with Crippen LogP contribution in [0.2, 0.25) is 0 Å². The first kappa shape index (κ1) is 15.4. The SMILES string of the molecule is Cc1cc(/C=C/C=C/C(=O)/C=C/C=C/c2cc(C)on2)no1. The number of ketones is 1. The quantitative estimate of drug-likeness (QED) is 0.600. The Morgan fingerprint density at radius 2 is 1.32 bits per heavy atom. The predicted octanol–water partition coefficient (Wildman–Crippen LogP) is 3.69. The minimum Gasteiger partial charge on any atom is -0.361 e. The van der Waals surface area contributed by atoms with Gasteiger partial charge < -0.3 is 9.05 Å². The van der Waals surface area contributed by atoms with Gasteiger partial charge >= 0.3 is 0 Å². The zero-order chi connectivity index (χ0) is 15.8. The van der Waals surface area contributed by atoms with Crippen molar-refractivity contribution in [1.29, 1.82) is 0 Å². The molecule has 0 bridgehead atoms. The highest BCUT2D eigenvalue weighted by molar-refractivity contribution is 5.99. The maximum absolute atomic E-state index is 11.6. The highest BCUT2D eigenvalue weighted by Gasteiger charge is 1.94. The van der Waals surface area contributed by atoms with Crippen LogP contribution in [0.3, 0.4) is 0 Å². The van der Waals surface area contributed by atoms with E-state index in [2.05, 4.69) is 10.3 Å². The van der Waals surface area contributed by atoms with Crippen molar-refractivity contribution < 1.29 is 13.8 Å². The molecule has 0 aliphatic rings. The van der Waals surface area contributed by atoms with Crippen LogP contribution in [-0.4, -0.2) is 16.1 Å². The highest BCUT2D eigenvalue weighted by atomic mass is 16.5. The molecule has 0 N–H and O–H groups in total. The van der Waals surface area contributed by atoms with E-state index in [0.717, 1.165) is 22.9 Å². The fourth-order valence-electron chi connectivity index (χ4n) is 1.59. The summed E-state index contributed by atoms with van der Waals surface area (Å²) < 4.78 is 9.85.